The Labute approximate surface area is 99.0 Å². The van der Waals surface area contributed by atoms with Crippen LogP contribution in [-0.4, -0.2) is 6.61 Å². The van der Waals surface area contributed by atoms with Crippen molar-refractivity contribution in [2.75, 3.05) is 6.61 Å². The maximum absolute atomic E-state index is 11.9. The lowest BCUT2D eigenvalue weighted by Crippen LogP contribution is -2.09. The Balaban J connectivity index is 2.29. The summed E-state index contributed by atoms with van der Waals surface area (Å²) in [6, 6.07) is 7.53. The second-order valence-electron chi connectivity index (χ2n) is 4.65. The Morgan fingerprint density at radius 1 is 1.29 bits per heavy atom. The van der Waals surface area contributed by atoms with E-state index in [4.69, 9.17) is 9.15 Å². The summed E-state index contributed by atoms with van der Waals surface area (Å²) in [5, 5.41) is 0.899. The Bertz CT molecular complexity index is 612. The van der Waals surface area contributed by atoms with E-state index in [1.165, 1.54) is 0 Å². The van der Waals surface area contributed by atoms with Crippen LogP contribution in [0.15, 0.2) is 33.5 Å². The van der Waals surface area contributed by atoms with Crippen molar-refractivity contribution in [3.63, 3.8) is 0 Å². The third-order valence-electron chi connectivity index (χ3n) is 3.25. The van der Waals surface area contributed by atoms with Gasteiger partial charge in [-0.3, -0.25) is 0 Å². The SMILES string of the molecule is CC1CCc2c(c3ccccc3oc2=O)OC1. The van der Waals surface area contributed by atoms with Crippen molar-refractivity contribution in [3.05, 3.63) is 40.2 Å². The summed E-state index contributed by atoms with van der Waals surface area (Å²) in [6.45, 7) is 2.80. The van der Waals surface area contributed by atoms with Crippen LogP contribution >= 0.6 is 0 Å². The lowest BCUT2D eigenvalue weighted by atomic mass is 10.0. The van der Waals surface area contributed by atoms with Gasteiger partial charge in [-0.1, -0.05) is 19.1 Å². The maximum atomic E-state index is 11.9. The number of hydrogen-bond donors (Lipinski definition) is 0. The third-order valence-corrected chi connectivity index (χ3v) is 3.25. The van der Waals surface area contributed by atoms with Crippen LogP contribution in [0.1, 0.15) is 18.9 Å². The quantitative estimate of drug-likeness (QED) is 0.653. The number of hydrogen-bond acceptors (Lipinski definition) is 3. The molecule has 2 heterocycles. The van der Waals surface area contributed by atoms with Crippen molar-refractivity contribution in [2.45, 2.75) is 19.8 Å². The molecule has 1 aliphatic rings. The van der Waals surface area contributed by atoms with Crippen LogP contribution < -0.4 is 10.4 Å². The predicted octanol–water partition coefficient (Wildman–Crippen LogP) is 2.75. The zero-order chi connectivity index (χ0) is 11.8. The Kier molecular flexibility index (Phi) is 2.39. The van der Waals surface area contributed by atoms with Gasteiger partial charge in [0.15, 0.2) is 0 Å². The fourth-order valence-electron chi connectivity index (χ4n) is 2.24. The molecule has 1 aliphatic heterocycles. The van der Waals surface area contributed by atoms with Gasteiger partial charge in [0, 0.05) is 0 Å². The first-order chi connectivity index (χ1) is 8.25. The van der Waals surface area contributed by atoms with Crippen molar-refractivity contribution >= 4 is 11.0 Å². The molecule has 3 rings (SSSR count). The molecule has 0 saturated carbocycles. The van der Waals surface area contributed by atoms with Crippen LogP contribution in [0.3, 0.4) is 0 Å². The molecule has 1 aromatic heterocycles. The molecule has 0 bridgehead atoms. The summed E-state index contributed by atoms with van der Waals surface area (Å²) in [4.78, 5) is 11.9. The van der Waals surface area contributed by atoms with Gasteiger partial charge < -0.3 is 9.15 Å². The monoisotopic (exact) mass is 230 g/mol. The molecule has 0 N–H and O–H groups in total. The lowest BCUT2D eigenvalue weighted by Gasteiger charge is -2.09. The molecule has 0 saturated heterocycles. The molecule has 3 heteroatoms. The third kappa shape index (κ3) is 1.71. The average Bonchev–Trinajstić information content (AvgIpc) is 2.53. The first-order valence-corrected chi connectivity index (χ1v) is 5.93. The van der Waals surface area contributed by atoms with Gasteiger partial charge in [0.25, 0.3) is 0 Å². The smallest absolute Gasteiger partial charge is 0.343 e. The van der Waals surface area contributed by atoms with Crippen LogP contribution in [0, 0.1) is 5.92 Å². The molecule has 3 nitrogen and oxygen atoms in total. The molecule has 0 amide bonds. The Morgan fingerprint density at radius 2 is 2.12 bits per heavy atom. The fraction of sp³-hybridized carbons (Fsp3) is 0.357. The van der Waals surface area contributed by atoms with E-state index >= 15 is 0 Å². The molecule has 0 aliphatic carbocycles. The molecular weight excluding hydrogens is 216 g/mol. The van der Waals surface area contributed by atoms with E-state index < -0.39 is 0 Å². The van der Waals surface area contributed by atoms with Gasteiger partial charge in [-0.15, -0.1) is 0 Å². The number of ether oxygens (including phenoxy) is 1. The van der Waals surface area contributed by atoms with Gasteiger partial charge in [-0.2, -0.15) is 0 Å². The molecule has 0 radical (unpaired) electrons. The fourth-order valence-corrected chi connectivity index (χ4v) is 2.24. The van der Waals surface area contributed by atoms with Gasteiger partial charge in [0.05, 0.1) is 17.6 Å². The molecule has 88 valence electrons. The molecular formula is C14H14O3. The number of fused-ring (bicyclic) bond motifs is 3. The minimum atomic E-state index is -0.257. The van der Waals surface area contributed by atoms with Crippen LogP contribution in [-0.2, 0) is 6.42 Å². The zero-order valence-corrected chi connectivity index (χ0v) is 9.73. The molecule has 1 atom stereocenters. The molecule has 2 aromatic rings. The summed E-state index contributed by atoms with van der Waals surface area (Å²) < 4.78 is 11.1. The highest BCUT2D eigenvalue weighted by atomic mass is 16.5. The number of benzene rings is 1. The number of para-hydroxylation sites is 1. The Morgan fingerprint density at radius 3 is 3.00 bits per heavy atom. The Hall–Kier alpha value is -1.77. The van der Waals surface area contributed by atoms with Crippen LogP contribution in [0.4, 0.5) is 0 Å². The van der Waals surface area contributed by atoms with Gasteiger partial charge in [0.1, 0.15) is 11.3 Å². The highest BCUT2D eigenvalue weighted by molar-refractivity contribution is 5.84. The average molecular weight is 230 g/mol. The van der Waals surface area contributed by atoms with Gasteiger partial charge >= 0.3 is 5.63 Å². The van der Waals surface area contributed by atoms with Gasteiger partial charge in [-0.05, 0) is 30.9 Å². The first-order valence-electron chi connectivity index (χ1n) is 5.93. The van der Waals surface area contributed by atoms with E-state index in [1.54, 1.807) is 6.07 Å². The second-order valence-corrected chi connectivity index (χ2v) is 4.65. The summed E-state index contributed by atoms with van der Waals surface area (Å²) in [5.74, 6) is 1.20. The lowest BCUT2D eigenvalue weighted by molar-refractivity contribution is 0.267. The topological polar surface area (TPSA) is 39.4 Å². The highest BCUT2D eigenvalue weighted by Crippen LogP contribution is 2.31. The summed E-state index contributed by atoms with van der Waals surface area (Å²) >= 11 is 0. The van der Waals surface area contributed by atoms with Crippen molar-refractivity contribution in [2.24, 2.45) is 5.92 Å². The van der Waals surface area contributed by atoms with E-state index in [9.17, 15) is 4.79 Å². The van der Waals surface area contributed by atoms with E-state index in [1.807, 2.05) is 18.2 Å². The van der Waals surface area contributed by atoms with Crippen LogP contribution in [0.25, 0.3) is 11.0 Å². The molecule has 17 heavy (non-hydrogen) atoms. The second kappa shape index (κ2) is 3.91. The summed E-state index contributed by atoms with van der Waals surface area (Å²) in [6.07, 6.45) is 1.71. The zero-order valence-electron chi connectivity index (χ0n) is 9.73. The summed E-state index contributed by atoms with van der Waals surface area (Å²) in [5.41, 5.74) is 1.03. The van der Waals surface area contributed by atoms with E-state index in [-0.39, 0.29) is 5.63 Å². The molecule has 1 unspecified atom stereocenters. The van der Waals surface area contributed by atoms with Crippen LogP contribution in [0.2, 0.25) is 0 Å². The predicted molar refractivity (Wildman–Crippen MR) is 65.5 cm³/mol. The van der Waals surface area contributed by atoms with Crippen molar-refractivity contribution in [1.29, 1.82) is 0 Å². The minimum Gasteiger partial charge on any atom is -0.492 e. The van der Waals surface area contributed by atoms with Crippen molar-refractivity contribution in [1.82, 2.24) is 0 Å². The van der Waals surface area contributed by atoms with Gasteiger partial charge in [0.2, 0.25) is 0 Å². The molecule has 1 aromatic carbocycles. The van der Waals surface area contributed by atoms with Gasteiger partial charge in [-0.25, -0.2) is 4.79 Å². The van der Waals surface area contributed by atoms with Crippen molar-refractivity contribution < 1.29 is 9.15 Å². The standard InChI is InChI=1S/C14H14O3/c1-9-6-7-11-13(16-8-9)10-4-2-3-5-12(10)17-14(11)15/h2-5,9H,6-8H2,1H3. The minimum absolute atomic E-state index is 0.257. The first kappa shape index (κ1) is 10.4. The van der Waals surface area contributed by atoms with E-state index in [2.05, 4.69) is 6.92 Å². The molecule has 0 fully saturated rings. The van der Waals surface area contributed by atoms with Crippen LogP contribution in [0.5, 0.6) is 5.75 Å². The highest BCUT2D eigenvalue weighted by Gasteiger charge is 2.20. The van der Waals surface area contributed by atoms with E-state index in [0.29, 0.717) is 23.7 Å². The van der Waals surface area contributed by atoms with Crippen molar-refractivity contribution in [3.8, 4) is 5.75 Å². The molecule has 0 spiro atoms. The largest absolute Gasteiger partial charge is 0.492 e. The normalized spacial score (nSPS) is 19.5. The van der Waals surface area contributed by atoms with E-state index in [0.717, 1.165) is 24.0 Å². The number of rotatable bonds is 0. The summed E-state index contributed by atoms with van der Waals surface area (Å²) in [7, 11) is 0. The maximum Gasteiger partial charge on any atom is 0.343 e.